The van der Waals surface area contributed by atoms with Crippen LogP contribution >= 0.6 is 12.6 Å². The van der Waals surface area contributed by atoms with Crippen LogP contribution < -0.4 is 0 Å². The molecule has 1 unspecified atom stereocenters. The smallest absolute Gasteiger partial charge is 0.0430 e. The monoisotopic (exact) mass is 231 g/mol. The molecular formula is C14H17NS. The Kier molecular flexibility index (Phi) is 3.52. The molecule has 0 aliphatic carbocycles. The molecule has 2 heteroatoms. The van der Waals surface area contributed by atoms with Crippen LogP contribution in [0.15, 0.2) is 42.5 Å². The van der Waals surface area contributed by atoms with E-state index < -0.39 is 0 Å². The molecule has 0 saturated heterocycles. The van der Waals surface area contributed by atoms with E-state index in [0.717, 1.165) is 5.75 Å². The van der Waals surface area contributed by atoms with Crippen molar-refractivity contribution in [3.05, 3.63) is 48.0 Å². The second-order valence-corrected chi connectivity index (χ2v) is 4.63. The van der Waals surface area contributed by atoms with Gasteiger partial charge in [0, 0.05) is 11.8 Å². The maximum Gasteiger partial charge on any atom is 0.0430 e. The van der Waals surface area contributed by atoms with E-state index in [1.165, 1.54) is 16.3 Å². The van der Waals surface area contributed by atoms with Gasteiger partial charge in [-0.25, -0.2) is 0 Å². The van der Waals surface area contributed by atoms with Crippen LogP contribution in [0.2, 0.25) is 0 Å². The molecule has 0 bridgehead atoms. The van der Waals surface area contributed by atoms with Crippen molar-refractivity contribution in [3.8, 4) is 0 Å². The number of rotatable bonds is 3. The highest BCUT2D eigenvalue weighted by Crippen LogP contribution is 2.23. The van der Waals surface area contributed by atoms with Crippen molar-refractivity contribution < 1.29 is 0 Å². The summed E-state index contributed by atoms with van der Waals surface area (Å²) in [5.74, 6) is 0.839. The van der Waals surface area contributed by atoms with Gasteiger partial charge in [0.15, 0.2) is 0 Å². The Hall–Kier alpha value is -0.990. The summed E-state index contributed by atoms with van der Waals surface area (Å²) in [6.45, 7) is 0. The van der Waals surface area contributed by atoms with Crippen LogP contribution in [-0.4, -0.2) is 24.7 Å². The number of fused-ring (bicyclic) bond motifs is 1. The lowest BCUT2D eigenvalue weighted by Gasteiger charge is -2.23. The summed E-state index contributed by atoms with van der Waals surface area (Å²) in [7, 11) is 4.19. The van der Waals surface area contributed by atoms with E-state index in [1.54, 1.807) is 0 Å². The zero-order chi connectivity index (χ0) is 11.5. The molecule has 1 atom stereocenters. The average Bonchev–Trinajstić information content (AvgIpc) is 2.29. The number of benzene rings is 2. The minimum absolute atomic E-state index is 0.382. The van der Waals surface area contributed by atoms with Crippen molar-refractivity contribution >= 4 is 23.4 Å². The maximum absolute atomic E-state index is 4.42. The van der Waals surface area contributed by atoms with Gasteiger partial charge in [0.2, 0.25) is 0 Å². The molecule has 0 heterocycles. The fourth-order valence-corrected chi connectivity index (χ4v) is 2.52. The molecule has 2 rings (SSSR count). The predicted octanol–water partition coefficient (Wildman–Crippen LogP) is 3.37. The van der Waals surface area contributed by atoms with Crippen LogP contribution in [0.25, 0.3) is 10.8 Å². The number of hydrogen-bond donors (Lipinski definition) is 1. The highest BCUT2D eigenvalue weighted by Gasteiger charge is 2.11. The van der Waals surface area contributed by atoms with Gasteiger partial charge in [-0.2, -0.15) is 12.6 Å². The Morgan fingerprint density at radius 2 is 1.75 bits per heavy atom. The third-order valence-electron chi connectivity index (χ3n) is 2.95. The van der Waals surface area contributed by atoms with E-state index in [0.29, 0.717) is 6.04 Å². The van der Waals surface area contributed by atoms with Crippen LogP contribution in [-0.2, 0) is 0 Å². The Bertz CT molecular complexity index is 479. The summed E-state index contributed by atoms with van der Waals surface area (Å²) in [6, 6.07) is 15.5. The van der Waals surface area contributed by atoms with Crippen molar-refractivity contribution in [2.24, 2.45) is 0 Å². The van der Waals surface area contributed by atoms with Gasteiger partial charge in [0.25, 0.3) is 0 Å². The molecule has 1 nitrogen and oxygen atoms in total. The number of hydrogen-bond acceptors (Lipinski definition) is 2. The second kappa shape index (κ2) is 4.89. The third kappa shape index (κ3) is 2.23. The SMILES string of the molecule is CN(C)C(CS)c1ccc2ccccc2c1. The highest BCUT2D eigenvalue weighted by molar-refractivity contribution is 7.80. The maximum atomic E-state index is 4.42. The zero-order valence-electron chi connectivity index (χ0n) is 9.72. The van der Waals surface area contributed by atoms with Crippen LogP contribution in [0.5, 0.6) is 0 Å². The standard InChI is InChI=1S/C14H17NS/c1-15(2)14(10-16)13-8-7-11-5-3-4-6-12(11)9-13/h3-9,14,16H,10H2,1-2H3. The van der Waals surface area contributed by atoms with Crippen molar-refractivity contribution in [1.82, 2.24) is 4.90 Å². The van der Waals surface area contributed by atoms with Crippen LogP contribution in [0, 0.1) is 0 Å². The summed E-state index contributed by atoms with van der Waals surface area (Å²) in [6.07, 6.45) is 0. The molecule has 0 aromatic heterocycles. The second-order valence-electron chi connectivity index (χ2n) is 4.27. The molecule has 0 fully saturated rings. The summed E-state index contributed by atoms with van der Waals surface area (Å²) < 4.78 is 0. The third-order valence-corrected chi connectivity index (χ3v) is 3.30. The number of thiol groups is 1. The predicted molar refractivity (Wildman–Crippen MR) is 74.2 cm³/mol. The molecule has 0 aliphatic rings. The van der Waals surface area contributed by atoms with Gasteiger partial charge in [-0.1, -0.05) is 36.4 Å². The Balaban J connectivity index is 2.45. The van der Waals surface area contributed by atoms with Crippen molar-refractivity contribution in [2.45, 2.75) is 6.04 Å². The quantitative estimate of drug-likeness (QED) is 0.793. The number of nitrogens with zero attached hydrogens (tertiary/aromatic N) is 1. The summed E-state index contributed by atoms with van der Waals surface area (Å²) in [5, 5.41) is 2.59. The first kappa shape index (κ1) is 11.5. The zero-order valence-corrected chi connectivity index (χ0v) is 10.6. The summed E-state index contributed by atoms with van der Waals surface area (Å²) in [4.78, 5) is 2.21. The van der Waals surface area contributed by atoms with Crippen LogP contribution in [0.1, 0.15) is 11.6 Å². The van der Waals surface area contributed by atoms with Gasteiger partial charge in [-0.05, 0) is 36.5 Å². The topological polar surface area (TPSA) is 3.24 Å². The van der Waals surface area contributed by atoms with E-state index in [2.05, 4.69) is 74.1 Å². The van der Waals surface area contributed by atoms with Gasteiger partial charge in [0.1, 0.15) is 0 Å². The minimum atomic E-state index is 0.382. The molecule has 2 aromatic carbocycles. The van der Waals surface area contributed by atoms with Crippen molar-refractivity contribution in [2.75, 3.05) is 19.8 Å². The van der Waals surface area contributed by atoms with Gasteiger partial charge in [-0.15, -0.1) is 0 Å². The first-order valence-corrected chi connectivity index (χ1v) is 6.11. The Morgan fingerprint density at radius 3 is 2.38 bits per heavy atom. The van der Waals surface area contributed by atoms with E-state index in [-0.39, 0.29) is 0 Å². The molecule has 0 amide bonds. The van der Waals surface area contributed by atoms with Crippen LogP contribution in [0.3, 0.4) is 0 Å². The lowest BCUT2D eigenvalue weighted by atomic mass is 10.0. The van der Waals surface area contributed by atoms with E-state index in [4.69, 9.17) is 0 Å². The molecular weight excluding hydrogens is 214 g/mol. The van der Waals surface area contributed by atoms with Gasteiger partial charge >= 0.3 is 0 Å². The van der Waals surface area contributed by atoms with E-state index in [9.17, 15) is 0 Å². The average molecular weight is 231 g/mol. The lowest BCUT2D eigenvalue weighted by Crippen LogP contribution is -2.21. The fraction of sp³-hybridized carbons (Fsp3) is 0.286. The molecule has 0 saturated carbocycles. The minimum Gasteiger partial charge on any atom is -0.302 e. The van der Waals surface area contributed by atoms with Crippen molar-refractivity contribution in [3.63, 3.8) is 0 Å². The van der Waals surface area contributed by atoms with E-state index >= 15 is 0 Å². The van der Waals surface area contributed by atoms with Gasteiger partial charge in [-0.3, -0.25) is 0 Å². The first-order chi connectivity index (χ1) is 7.72. The summed E-state index contributed by atoms with van der Waals surface area (Å²) in [5.41, 5.74) is 1.33. The molecule has 0 N–H and O–H groups in total. The first-order valence-electron chi connectivity index (χ1n) is 5.48. The normalized spacial score (nSPS) is 13.2. The molecule has 2 aromatic rings. The molecule has 84 valence electrons. The Labute approximate surface area is 102 Å². The van der Waals surface area contributed by atoms with Gasteiger partial charge in [0.05, 0.1) is 0 Å². The largest absolute Gasteiger partial charge is 0.302 e. The Morgan fingerprint density at radius 1 is 1.06 bits per heavy atom. The van der Waals surface area contributed by atoms with Gasteiger partial charge < -0.3 is 4.90 Å². The highest BCUT2D eigenvalue weighted by atomic mass is 32.1. The summed E-state index contributed by atoms with van der Waals surface area (Å²) >= 11 is 4.42. The fourth-order valence-electron chi connectivity index (χ4n) is 1.98. The molecule has 0 spiro atoms. The van der Waals surface area contributed by atoms with Crippen LogP contribution in [0.4, 0.5) is 0 Å². The molecule has 16 heavy (non-hydrogen) atoms. The van der Waals surface area contributed by atoms with E-state index in [1.807, 2.05) is 0 Å². The molecule has 0 aliphatic heterocycles. The molecule has 0 radical (unpaired) electrons. The van der Waals surface area contributed by atoms with Crippen molar-refractivity contribution in [1.29, 1.82) is 0 Å². The lowest BCUT2D eigenvalue weighted by molar-refractivity contribution is 0.327.